The normalized spacial score (nSPS) is 44.0. The van der Waals surface area contributed by atoms with Crippen molar-refractivity contribution < 1.29 is 48.7 Å². The first-order valence-electron chi connectivity index (χ1n) is 15.7. The highest BCUT2D eigenvalue weighted by molar-refractivity contribution is 5.93. The number of Topliss-reactive ketones (excluding diaryl/α,β-unsaturated/α-hetero) is 1. The summed E-state index contributed by atoms with van der Waals surface area (Å²) < 4.78 is 16.9. The second kappa shape index (κ2) is 12.0. The zero-order valence-corrected chi connectivity index (χ0v) is 27.5. The average molecular weight is 619 g/mol. The number of hydrogen-bond acceptors (Lipinski definition) is 10. The standard InChI is InChI=1S/C34H50O10/c1-16(2)11-10-12-20(31(41)42-9)23-22(43-18(4)35)15-33(7)25(23)26(38)27(39)29-32(6)14-13-21(37)17(3)24(32)28(44-19(5)36)30(40)34(29,33)8/h11,17,21-22,24-26,28-30,37-38,40H,10,12-15H2,1-9H3. The molecule has 0 aromatic heterocycles. The van der Waals surface area contributed by atoms with Gasteiger partial charge < -0.3 is 29.5 Å². The van der Waals surface area contributed by atoms with Crippen LogP contribution >= 0.6 is 0 Å². The number of ether oxygens (including phenoxy) is 3. The van der Waals surface area contributed by atoms with E-state index >= 15 is 0 Å². The van der Waals surface area contributed by atoms with Crippen LogP contribution in [0.3, 0.4) is 0 Å². The first-order chi connectivity index (χ1) is 20.4. The second-order valence-corrected chi connectivity index (χ2v) is 14.5. The van der Waals surface area contributed by atoms with Gasteiger partial charge >= 0.3 is 17.9 Å². The number of aliphatic hydroxyl groups is 3. The minimum absolute atomic E-state index is 0.121. The number of hydrogen-bond donors (Lipinski definition) is 3. The predicted octanol–water partition coefficient (Wildman–Crippen LogP) is 3.45. The molecule has 12 atom stereocenters. The highest BCUT2D eigenvalue weighted by Crippen LogP contribution is 2.74. The van der Waals surface area contributed by atoms with E-state index in [4.69, 9.17) is 14.2 Å². The molecule has 4 saturated carbocycles. The maximum Gasteiger partial charge on any atom is 0.333 e. The molecule has 0 saturated heterocycles. The minimum Gasteiger partial charge on any atom is -0.466 e. The van der Waals surface area contributed by atoms with Crippen LogP contribution in [0.15, 0.2) is 22.8 Å². The molecule has 10 nitrogen and oxygen atoms in total. The van der Waals surface area contributed by atoms with Gasteiger partial charge in [0.25, 0.3) is 0 Å². The van der Waals surface area contributed by atoms with Crippen molar-refractivity contribution in [2.45, 2.75) is 118 Å². The molecule has 4 rings (SSSR count). The lowest BCUT2D eigenvalue weighted by Gasteiger charge is -2.70. The van der Waals surface area contributed by atoms with Gasteiger partial charge in [-0.2, -0.15) is 0 Å². The number of methoxy groups -OCH3 is 1. The van der Waals surface area contributed by atoms with Crippen LogP contribution in [0.2, 0.25) is 0 Å². The first kappa shape index (κ1) is 34.3. The van der Waals surface area contributed by atoms with Crippen molar-refractivity contribution in [2.24, 2.45) is 39.9 Å². The second-order valence-electron chi connectivity index (χ2n) is 14.5. The van der Waals surface area contributed by atoms with Gasteiger partial charge in [-0.1, -0.05) is 39.3 Å². The summed E-state index contributed by atoms with van der Waals surface area (Å²) in [5, 5.41) is 35.3. The number of rotatable bonds is 6. The third-order valence-electron chi connectivity index (χ3n) is 11.9. The molecule has 0 aromatic carbocycles. The van der Waals surface area contributed by atoms with Gasteiger partial charge in [-0.3, -0.25) is 14.4 Å². The van der Waals surface area contributed by atoms with Gasteiger partial charge in [-0.15, -0.1) is 0 Å². The van der Waals surface area contributed by atoms with Crippen molar-refractivity contribution in [1.29, 1.82) is 0 Å². The zero-order chi connectivity index (χ0) is 33.1. The highest BCUT2D eigenvalue weighted by Gasteiger charge is 2.78. The molecule has 0 aromatic rings. The molecule has 246 valence electrons. The summed E-state index contributed by atoms with van der Waals surface area (Å²) in [4.78, 5) is 52.9. The van der Waals surface area contributed by atoms with Crippen LogP contribution in [0.25, 0.3) is 0 Å². The van der Waals surface area contributed by atoms with Crippen LogP contribution < -0.4 is 0 Å². The van der Waals surface area contributed by atoms with Crippen LogP contribution in [-0.2, 0) is 33.4 Å². The Kier molecular flexibility index (Phi) is 9.35. The number of aliphatic hydroxyl groups excluding tert-OH is 3. The van der Waals surface area contributed by atoms with Gasteiger partial charge in [-0.05, 0) is 68.3 Å². The molecule has 0 bridgehead atoms. The molecule has 12 unspecified atom stereocenters. The molecular weight excluding hydrogens is 568 g/mol. The first-order valence-corrected chi connectivity index (χ1v) is 15.7. The van der Waals surface area contributed by atoms with Crippen LogP contribution in [0.5, 0.6) is 0 Å². The predicted molar refractivity (Wildman–Crippen MR) is 160 cm³/mol. The van der Waals surface area contributed by atoms with Crippen molar-refractivity contribution in [3.63, 3.8) is 0 Å². The van der Waals surface area contributed by atoms with Crippen LogP contribution in [0.1, 0.15) is 87.5 Å². The third kappa shape index (κ3) is 5.05. The molecule has 4 fully saturated rings. The molecule has 3 N–H and O–H groups in total. The number of carbonyl (C=O) groups excluding carboxylic acids is 4. The van der Waals surface area contributed by atoms with Crippen molar-refractivity contribution >= 4 is 23.7 Å². The Balaban J connectivity index is 2.01. The van der Waals surface area contributed by atoms with E-state index in [0.717, 1.165) is 5.57 Å². The van der Waals surface area contributed by atoms with Gasteiger partial charge in [0, 0.05) is 42.6 Å². The average Bonchev–Trinajstić information content (AvgIpc) is 3.22. The van der Waals surface area contributed by atoms with E-state index in [1.165, 1.54) is 21.0 Å². The molecule has 0 spiro atoms. The van der Waals surface area contributed by atoms with E-state index < -0.39 is 94.1 Å². The molecule has 10 heteroatoms. The number of carbonyl (C=O) groups is 4. The highest BCUT2D eigenvalue weighted by atomic mass is 16.6. The lowest BCUT2D eigenvalue weighted by molar-refractivity contribution is -0.284. The molecule has 0 heterocycles. The van der Waals surface area contributed by atoms with E-state index in [1.807, 2.05) is 47.6 Å². The van der Waals surface area contributed by atoms with E-state index in [-0.39, 0.29) is 18.4 Å². The Labute approximate surface area is 260 Å². The zero-order valence-electron chi connectivity index (χ0n) is 27.5. The summed E-state index contributed by atoms with van der Waals surface area (Å²) in [5.74, 6) is -5.11. The maximum atomic E-state index is 14.6. The Morgan fingerprint density at radius 2 is 1.61 bits per heavy atom. The quantitative estimate of drug-likeness (QED) is 0.174. The fourth-order valence-corrected chi connectivity index (χ4v) is 10.0. The molecule has 0 aliphatic heterocycles. The molecule has 44 heavy (non-hydrogen) atoms. The molecule has 0 radical (unpaired) electrons. The van der Waals surface area contributed by atoms with Gasteiger partial charge in [0.15, 0.2) is 5.78 Å². The summed E-state index contributed by atoms with van der Waals surface area (Å²) in [5.41, 5.74) is -1.61. The number of ketones is 1. The summed E-state index contributed by atoms with van der Waals surface area (Å²) in [6, 6.07) is 0. The summed E-state index contributed by atoms with van der Waals surface area (Å²) in [6.07, 6.45) is -2.02. The third-order valence-corrected chi connectivity index (χ3v) is 11.9. The van der Waals surface area contributed by atoms with Crippen molar-refractivity contribution in [2.75, 3.05) is 7.11 Å². The Hall–Kier alpha value is -2.56. The van der Waals surface area contributed by atoms with Crippen LogP contribution in [0, 0.1) is 39.9 Å². The van der Waals surface area contributed by atoms with E-state index in [0.29, 0.717) is 24.8 Å². The Morgan fingerprint density at radius 1 is 1.00 bits per heavy atom. The van der Waals surface area contributed by atoms with Gasteiger partial charge in [0.05, 0.1) is 19.3 Å². The lowest BCUT2D eigenvalue weighted by Crippen LogP contribution is -2.76. The van der Waals surface area contributed by atoms with Gasteiger partial charge in [0.1, 0.15) is 18.3 Å². The van der Waals surface area contributed by atoms with Crippen LogP contribution in [0.4, 0.5) is 0 Å². The summed E-state index contributed by atoms with van der Waals surface area (Å²) >= 11 is 0. The van der Waals surface area contributed by atoms with Crippen molar-refractivity contribution in [3.05, 3.63) is 22.8 Å². The fraction of sp³-hybridized carbons (Fsp3) is 0.765. The van der Waals surface area contributed by atoms with E-state index in [9.17, 15) is 34.5 Å². The largest absolute Gasteiger partial charge is 0.466 e. The maximum absolute atomic E-state index is 14.6. The molecule has 0 amide bonds. The molecule has 4 aliphatic carbocycles. The number of esters is 3. The smallest absolute Gasteiger partial charge is 0.333 e. The van der Waals surface area contributed by atoms with E-state index in [1.54, 1.807) is 0 Å². The van der Waals surface area contributed by atoms with Gasteiger partial charge in [-0.25, -0.2) is 4.79 Å². The topological polar surface area (TPSA) is 157 Å². The minimum atomic E-state index is -1.56. The number of allylic oxidation sites excluding steroid dienone is 2. The SMILES string of the molecule is COC(=O)C(CCC=C(C)C)=C1C(OC(C)=O)CC2(C)C1C(O)C(=O)C1C3(C)CCC(O)C(C)C3C(OC(C)=O)C(O)C12C. The number of fused-ring (bicyclic) bond motifs is 5. The summed E-state index contributed by atoms with van der Waals surface area (Å²) in [6.45, 7) is 13.9. The molecule has 4 aliphatic rings. The monoisotopic (exact) mass is 618 g/mol. The van der Waals surface area contributed by atoms with E-state index in [2.05, 4.69) is 0 Å². The lowest BCUT2D eigenvalue weighted by atomic mass is 9.35. The van der Waals surface area contributed by atoms with Crippen LogP contribution in [-0.4, -0.2) is 76.6 Å². The van der Waals surface area contributed by atoms with Crippen molar-refractivity contribution in [1.82, 2.24) is 0 Å². The van der Waals surface area contributed by atoms with Crippen molar-refractivity contribution in [3.8, 4) is 0 Å². The Bertz CT molecular complexity index is 1260. The Morgan fingerprint density at radius 3 is 2.16 bits per heavy atom. The molecular formula is C34H50O10. The van der Waals surface area contributed by atoms with Gasteiger partial charge in [0.2, 0.25) is 0 Å². The summed E-state index contributed by atoms with van der Waals surface area (Å²) in [7, 11) is 1.26. The fourth-order valence-electron chi connectivity index (χ4n) is 10.0.